The Hall–Kier alpha value is -3.81. The molecule has 0 atom stereocenters. The summed E-state index contributed by atoms with van der Waals surface area (Å²) in [5, 5.41) is 7.07. The van der Waals surface area contributed by atoms with E-state index in [1.165, 1.54) is 41.2 Å². The van der Waals surface area contributed by atoms with Gasteiger partial charge in [0.2, 0.25) is 11.8 Å². The molecule has 0 saturated carbocycles. The van der Waals surface area contributed by atoms with Crippen molar-refractivity contribution in [2.75, 3.05) is 18.5 Å². The number of amides is 1. The summed E-state index contributed by atoms with van der Waals surface area (Å²) in [6.45, 7) is 0.976. The molecule has 1 amide bonds. The number of halogens is 2. The molecule has 0 aliphatic carbocycles. The molecule has 0 spiro atoms. The first-order valence-electron chi connectivity index (χ1n) is 8.86. The lowest BCUT2D eigenvalue weighted by molar-refractivity contribution is -0.111. The predicted molar refractivity (Wildman–Crippen MR) is 105 cm³/mol. The summed E-state index contributed by atoms with van der Waals surface area (Å²) in [7, 11) is 0. The van der Waals surface area contributed by atoms with E-state index in [4.69, 9.17) is 4.74 Å². The van der Waals surface area contributed by atoms with Crippen molar-refractivity contribution < 1.29 is 18.3 Å². The fourth-order valence-corrected chi connectivity index (χ4v) is 2.81. The van der Waals surface area contributed by atoms with Crippen molar-refractivity contribution >= 4 is 23.7 Å². The van der Waals surface area contributed by atoms with Gasteiger partial charge in [-0.3, -0.25) is 4.79 Å². The van der Waals surface area contributed by atoms with Crippen LogP contribution in [0.15, 0.2) is 65.8 Å². The van der Waals surface area contributed by atoms with Gasteiger partial charge in [-0.15, -0.1) is 0 Å². The Morgan fingerprint density at radius 2 is 1.76 bits per heavy atom. The van der Waals surface area contributed by atoms with Crippen LogP contribution >= 0.6 is 0 Å². The number of anilines is 1. The lowest BCUT2D eigenvalue weighted by atomic mass is 10.2. The van der Waals surface area contributed by atoms with Gasteiger partial charge in [0.1, 0.15) is 24.1 Å². The number of nitrogens with one attached hydrogen (secondary N) is 1. The number of rotatable bonds is 5. The summed E-state index contributed by atoms with van der Waals surface area (Å²) >= 11 is 0. The molecule has 2 aromatic carbocycles. The zero-order chi connectivity index (χ0) is 20.2. The van der Waals surface area contributed by atoms with E-state index in [0.29, 0.717) is 41.7 Å². The van der Waals surface area contributed by atoms with Crippen molar-refractivity contribution in [2.24, 2.45) is 4.99 Å². The van der Waals surface area contributed by atoms with Crippen molar-refractivity contribution in [3.05, 3.63) is 83.6 Å². The van der Waals surface area contributed by atoms with Gasteiger partial charge in [-0.1, -0.05) is 12.1 Å². The summed E-state index contributed by atoms with van der Waals surface area (Å²) in [5.41, 5.74) is 1.77. The van der Waals surface area contributed by atoms with Crippen LogP contribution < -0.4 is 5.32 Å². The molecule has 0 fully saturated rings. The van der Waals surface area contributed by atoms with Crippen LogP contribution in [-0.4, -0.2) is 34.7 Å². The van der Waals surface area contributed by atoms with Crippen molar-refractivity contribution in [2.45, 2.75) is 0 Å². The van der Waals surface area contributed by atoms with Crippen LogP contribution in [0.25, 0.3) is 11.8 Å². The minimum Gasteiger partial charge on any atom is -0.475 e. The van der Waals surface area contributed by atoms with Crippen LogP contribution in [0.4, 0.5) is 14.6 Å². The van der Waals surface area contributed by atoms with Crippen LogP contribution in [0.3, 0.4) is 0 Å². The smallest absolute Gasteiger partial charge is 0.249 e. The molecule has 0 saturated heterocycles. The maximum Gasteiger partial charge on any atom is 0.249 e. The maximum absolute atomic E-state index is 13.3. The van der Waals surface area contributed by atoms with Crippen LogP contribution in [0.5, 0.6) is 0 Å². The third-order valence-corrected chi connectivity index (χ3v) is 4.20. The summed E-state index contributed by atoms with van der Waals surface area (Å²) in [6, 6.07) is 11.5. The molecule has 2 heterocycles. The van der Waals surface area contributed by atoms with Crippen LogP contribution in [-0.2, 0) is 9.53 Å². The van der Waals surface area contributed by atoms with Crippen molar-refractivity contribution in [1.29, 1.82) is 0 Å². The molecule has 0 bridgehead atoms. The Kier molecular flexibility index (Phi) is 5.15. The minimum atomic E-state index is -0.418. The summed E-state index contributed by atoms with van der Waals surface area (Å²) in [6.07, 6.45) is 4.43. The highest BCUT2D eigenvalue weighted by Crippen LogP contribution is 2.23. The number of carbonyl (C=O) groups excluding carboxylic acids is 1. The molecule has 6 nitrogen and oxygen atoms in total. The molecular weight excluding hydrogens is 378 g/mol. The molecule has 1 aliphatic rings. The number of aromatic nitrogens is 2. The van der Waals surface area contributed by atoms with Crippen LogP contribution in [0.1, 0.15) is 11.1 Å². The zero-order valence-electron chi connectivity index (χ0n) is 15.2. The topological polar surface area (TPSA) is 68.5 Å². The first-order valence-corrected chi connectivity index (χ1v) is 8.86. The van der Waals surface area contributed by atoms with E-state index in [1.807, 2.05) is 0 Å². The molecule has 29 heavy (non-hydrogen) atoms. The minimum absolute atomic E-state index is 0.350. The highest BCUT2D eigenvalue weighted by Gasteiger charge is 2.21. The molecule has 4 rings (SSSR count). The Morgan fingerprint density at radius 1 is 1.07 bits per heavy atom. The predicted octanol–water partition coefficient (Wildman–Crippen LogP) is 3.58. The lowest BCUT2D eigenvalue weighted by Gasteiger charge is -2.10. The average molecular weight is 394 g/mol. The normalized spacial score (nSPS) is 13.4. The van der Waals surface area contributed by atoms with E-state index in [1.54, 1.807) is 30.3 Å². The number of hydrogen-bond acceptors (Lipinski definition) is 4. The second-order valence-electron chi connectivity index (χ2n) is 6.20. The number of benzene rings is 2. The van der Waals surface area contributed by atoms with E-state index < -0.39 is 5.91 Å². The zero-order valence-corrected chi connectivity index (χ0v) is 15.2. The first kappa shape index (κ1) is 18.5. The largest absolute Gasteiger partial charge is 0.475 e. The Morgan fingerprint density at radius 3 is 2.41 bits per heavy atom. The average Bonchev–Trinajstić information content (AvgIpc) is 3.38. The Balaban J connectivity index is 1.63. The van der Waals surface area contributed by atoms with E-state index in [0.717, 1.165) is 0 Å². The van der Waals surface area contributed by atoms with E-state index in [2.05, 4.69) is 15.4 Å². The quantitative estimate of drug-likeness (QED) is 0.673. The van der Waals surface area contributed by atoms with Gasteiger partial charge < -0.3 is 10.1 Å². The Labute approximate surface area is 165 Å². The Bertz CT molecular complexity index is 1090. The summed E-state index contributed by atoms with van der Waals surface area (Å²) < 4.78 is 33.3. The van der Waals surface area contributed by atoms with Crippen molar-refractivity contribution in [3.63, 3.8) is 0 Å². The number of hydrogen-bond donors (Lipinski definition) is 1. The van der Waals surface area contributed by atoms with Crippen LogP contribution in [0.2, 0.25) is 0 Å². The number of ether oxygens (including phenoxy) is 1. The molecule has 0 unspecified atom stereocenters. The fraction of sp³-hybridized carbons (Fsp3) is 0.0952. The van der Waals surface area contributed by atoms with E-state index >= 15 is 0 Å². The lowest BCUT2D eigenvalue weighted by Crippen LogP contribution is -2.15. The maximum atomic E-state index is 13.3. The molecule has 146 valence electrons. The number of nitrogens with zero attached hydrogens (tertiary/aromatic N) is 3. The SMILES string of the molecule is O=C(/C=C/c1ccc(F)cc1)Nc1c(C2=NCCO2)cnn1-c1ccc(F)cc1. The molecular formula is C21H16F2N4O2. The third kappa shape index (κ3) is 4.21. The highest BCUT2D eigenvalue weighted by atomic mass is 19.1. The van der Waals surface area contributed by atoms with Gasteiger partial charge >= 0.3 is 0 Å². The summed E-state index contributed by atoms with van der Waals surface area (Å²) in [4.78, 5) is 16.8. The molecule has 3 aromatic rings. The molecule has 1 aromatic heterocycles. The van der Waals surface area contributed by atoms with Gasteiger partial charge in [-0.25, -0.2) is 18.5 Å². The number of carbonyl (C=O) groups is 1. The second kappa shape index (κ2) is 8.05. The van der Waals surface area contributed by atoms with E-state index in [9.17, 15) is 13.6 Å². The fourth-order valence-electron chi connectivity index (χ4n) is 2.81. The molecule has 0 radical (unpaired) electrons. The van der Waals surface area contributed by atoms with Gasteiger partial charge in [-0.2, -0.15) is 5.10 Å². The van der Waals surface area contributed by atoms with Gasteiger partial charge in [0.25, 0.3) is 0 Å². The first-order chi connectivity index (χ1) is 14.1. The third-order valence-electron chi connectivity index (χ3n) is 4.20. The van der Waals surface area contributed by atoms with Crippen molar-refractivity contribution in [3.8, 4) is 5.69 Å². The van der Waals surface area contributed by atoms with Crippen molar-refractivity contribution in [1.82, 2.24) is 9.78 Å². The number of aliphatic imine (C=N–C) groups is 1. The standard InChI is InChI=1S/C21H16F2N4O2/c22-15-4-1-14(2-5-15)3-10-19(28)26-20-18(21-24-11-12-29-21)13-25-27(20)17-8-6-16(23)7-9-17/h1-10,13H,11-12H2,(H,26,28)/b10-3+. The van der Waals surface area contributed by atoms with Crippen LogP contribution in [0, 0.1) is 11.6 Å². The van der Waals surface area contributed by atoms with Gasteiger partial charge in [-0.05, 0) is 48.0 Å². The summed E-state index contributed by atoms with van der Waals surface area (Å²) in [5.74, 6) is -0.408. The molecule has 8 heteroatoms. The van der Waals surface area contributed by atoms with Gasteiger partial charge in [0, 0.05) is 6.08 Å². The monoisotopic (exact) mass is 394 g/mol. The van der Waals surface area contributed by atoms with E-state index in [-0.39, 0.29) is 11.6 Å². The molecule has 1 N–H and O–H groups in total. The van der Waals surface area contributed by atoms with Gasteiger partial charge in [0.05, 0.1) is 24.0 Å². The molecule has 1 aliphatic heterocycles. The highest BCUT2D eigenvalue weighted by molar-refractivity contribution is 6.07. The van der Waals surface area contributed by atoms with Gasteiger partial charge in [0.15, 0.2) is 0 Å². The second-order valence-corrected chi connectivity index (χ2v) is 6.20.